The Bertz CT molecular complexity index is 351. The van der Waals surface area contributed by atoms with Crippen LogP contribution in [0.3, 0.4) is 0 Å². The molecule has 0 aromatic carbocycles. The van der Waals surface area contributed by atoms with E-state index in [4.69, 9.17) is 0 Å². The minimum Gasteiger partial charge on any atom is -0.383 e. The summed E-state index contributed by atoms with van der Waals surface area (Å²) in [5.41, 5.74) is 0.00574. The average molecular weight is 289 g/mol. The van der Waals surface area contributed by atoms with Gasteiger partial charge in [0, 0.05) is 20.1 Å². The maximum absolute atomic E-state index is 10.6. The first kappa shape index (κ1) is 12.0. The van der Waals surface area contributed by atoms with Gasteiger partial charge in [0.25, 0.3) is 0 Å². The molecule has 90 valence electrons. The van der Waals surface area contributed by atoms with Gasteiger partial charge in [-0.3, -0.25) is 0 Å². The van der Waals surface area contributed by atoms with Crippen LogP contribution >= 0.6 is 15.9 Å². The van der Waals surface area contributed by atoms with E-state index >= 15 is 0 Å². The fourth-order valence-corrected chi connectivity index (χ4v) is 3.00. The summed E-state index contributed by atoms with van der Waals surface area (Å²) in [7, 11) is 1.82. The number of hydrogen-bond acceptors (Lipinski definition) is 4. The third-order valence-corrected chi connectivity index (χ3v) is 3.89. The summed E-state index contributed by atoms with van der Waals surface area (Å²) in [6, 6.07) is 0. The number of aromatic nitrogens is 3. The summed E-state index contributed by atoms with van der Waals surface area (Å²) < 4.78 is 2.31. The summed E-state index contributed by atoms with van der Waals surface area (Å²) in [5.74, 6) is 0. The van der Waals surface area contributed by atoms with Gasteiger partial charge in [-0.1, -0.05) is 12.1 Å². The quantitative estimate of drug-likeness (QED) is 0.878. The molecule has 1 fully saturated rings. The molecule has 1 aromatic rings. The number of piperidine rings is 1. The highest BCUT2D eigenvalue weighted by Gasteiger charge is 2.38. The molecular formula is C10H17BrN4O. The van der Waals surface area contributed by atoms with Crippen LogP contribution in [0.2, 0.25) is 0 Å². The van der Waals surface area contributed by atoms with E-state index in [1.807, 2.05) is 7.05 Å². The highest BCUT2D eigenvalue weighted by atomic mass is 79.9. The van der Waals surface area contributed by atoms with Crippen LogP contribution in [0.4, 0.5) is 0 Å². The molecule has 1 aromatic heterocycles. The molecule has 0 atom stereocenters. The molecule has 1 N–H and O–H groups in total. The topological polar surface area (TPSA) is 54.2 Å². The van der Waals surface area contributed by atoms with E-state index in [-0.39, 0.29) is 0 Å². The molecule has 1 aliphatic rings. The van der Waals surface area contributed by atoms with Gasteiger partial charge in [0.1, 0.15) is 11.3 Å². The lowest BCUT2D eigenvalue weighted by molar-refractivity contribution is -0.0314. The van der Waals surface area contributed by atoms with Crippen molar-refractivity contribution in [2.24, 2.45) is 7.05 Å². The number of hydrogen-bond donors (Lipinski definition) is 1. The Kier molecular flexibility index (Phi) is 3.32. The molecule has 0 spiro atoms. The lowest BCUT2D eigenvalue weighted by atomic mass is 9.88. The van der Waals surface area contributed by atoms with E-state index in [1.165, 1.54) is 0 Å². The standard InChI is InChI=1S/C10H17BrN4O/c1-3-15-6-4-10(16,5-7-15)8-9(11)12-13-14(8)2/h16H,3-7H2,1-2H3. The Morgan fingerprint density at radius 2 is 2.06 bits per heavy atom. The van der Waals surface area contributed by atoms with Crippen molar-refractivity contribution in [3.8, 4) is 0 Å². The van der Waals surface area contributed by atoms with Crippen molar-refractivity contribution in [1.82, 2.24) is 19.9 Å². The molecule has 0 bridgehead atoms. The molecule has 16 heavy (non-hydrogen) atoms. The molecule has 0 unspecified atom stereocenters. The summed E-state index contributed by atoms with van der Waals surface area (Å²) in [6.45, 7) is 5.03. The largest absolute Gasteiger partial charge is 0.383 e. The van der Waals surface area contributed by atoms with Gasteiger partial charge in [-0.2, -0.15) is 0 Å². The van der Waals surface area contributed by atoms with Gasteiger partial charge >= 0.3 is 0 Å². The van der Waals surface area contributed by atoms with Crippen LogP contribution in [0.5, 0.6) is 0 Å². The highest BCUT2D eigenvalue weighted by molar-refractivity contribution is 9.10. The Hall–Kier alpha value is -0.460. The summed E-state index contributed by atoms with van der Waals surface area (Å²) in [6.07, 6.45) is 1.47. The van der Waals surface area contributed by atoms with Gasteiger partial charge in [-0.15, -0.1) is 5.10 Å². The summed E-state index contributed by atoms with van der Waals surface area (Å²) >= 11 is 3.35. The maximum atomic E-state index is 10.6. The molecular weight excluding hydrogens is 272 g/mol. The van der Waals surface area contributed by atoms with E-state index in [1.54, 1.807) is 4.68 Å². The number of nitrogens with zero attached hydrogens (tertiary/aromatic N) is 4. The predicted octanol–water partition coefficient (Wildman–Crippen LogP) is 0.881. The van der Waals surface area contributed by atoms with E-state index in [2.05, 4.69) is 38.1 Å². The number of halogens is 1. The van der Waals surface area contributed by atoms with Crippen molar-refractivity contribution in [3.05, 3.63) is 10.3 Å². The van der Waals surface area contributed by atoms with Crippen molar-refractivity contribution < 1.29 is 5.11 Å². The SMILES string of the molecule is CCN1CCC(O)(c2c(Br)nnn2C)CC1. The van der Waals surface area contributed by atoms with Gasteiger partial charge in [0.05, 0.1) is 0 Å². The zero-order chi connectivity index (χ0) is 11.8. The molecule has 2 heterocycles. The molecule has 0 saturated carbocycles. The molecule has 1 saturated heterocycles. The van der Waals surface area contributed by atoms with Crippen LogP contribution in [0.25, 0.3) is 0 Å². The number of likely N-dealkylation sites (tertiary alicyclic amines) is 1. The molecule has 5 nitrogen and oxygen atoms in total. The van der Waals surface area contributed by atoms with Gasteiger partial charge in [0.2, 0.25) is 0 Å². The van der Waals surface area contributed by atoms with Gasteiger partial charge < -0.3 is 10.0 Å². The first-order valence-electron chi connectivity index (χ1n) is 5.57. The lowest BCUT2D eigenvalue weighted by Gasteiger charge is -2.37. The Morgan fingerprint density at radius 3 is 2.50 bits per heavy atom. The summed E-state index contributed by atoms with van der Waals surface area (Å²) in [4.78, 5) is 2.34. The van der Waals surface area contributed by atoms with E-state index in [0.29, 0.717) is 4.60 Å². The zero-order valence-electron chi connectivity index (χ0n) is 9.65. The average Bonchev–Trinajstić information content (AvgIpc) is 2.60. The predicted molar refractivity (Wildman–Crippen MR) is 63.9 cm³/mol. The number of aliphatic hydroxyl groups is 1. The second-order valence-corrected chi connectivity index (χ2v) is 5.07. The number of aryl methyl sites for hydroxylation is 1. The third-order valence-electron chi connectivity index (χ3n) is 3.36. The van der Waals surface area contributed by atoms with Crippen LogP contribution in [0.1, 0.15) is 25.5 Å². The smallest absolute Gasteiger partial charge is 0.154 e. The van der Waals surface area contributed by atoms with E-state index in [0.717, 1.165) is 38.2 Å². The highest BCUT2D eigenvalue weighted by Crippen LogP contribution is 2.35. The van der Waals surface area contributed by atoms with Crippen molar-refractivity contribution in [3.63, 3.8) is 0 Å². The molecule has 2 rings (SSSR count). The molecule has 0 radical (unpaired) electrons. The van der Waals surface area contributed by atoms with Gasteiger partial charge in [-0.25, -0.2) is 4.68 Å². The van der Waals surface area contributed by atoms with E-state index < -0.39 is 5.60 Å². The van der Waals surface area contributed by atoms with E-state index in [9.17, 15) is 5.11 Å². The first-order valence-corrected chi connectivity index (χ1v) is 6.36. The van der Waals surface area contributed by atoms with Crippen LogP contribution in [0.15, 0.2) is 4.60 Å². The Morgan fingerprint density at radius 1 is 1.44 bits per heavy atom. The van der Waals surface area contributed by atoms with Crippen LogP contribution in [-0.2, 0) is 12.6 Å². The van der Waals surface area contributed by atoms with Crippen molar-refractivity contribution >= 4 is 15.9 Å². The fraction of sp³-hybridized carbons (Fsp3) is 0.800. The van der Waals surface area contributed by atoms with Crippen LogP contribution in [-0.4, -0.2) is 44.6 Å². The second-order valence-electron chi connectivity index (χ2n) is 4.32. The van der Waals surface area contributed by atoms with Gasteiger partial charge in [0.15, 0.2) is 4.60 Å². The minimum absolute atomic E-state index is 0.655. The van der Waals surface area contributed by atoms with Crippen LogP contribution < -0.4 is 0 Å². The fourth-order valence-electron chi connectivity index (χ4n) is 2.30. The lowest BCUT2D eigenvalue weighted by Crippen LogP contribution is -2.43. The molecule has 0 amide bonds. The first-order chi connectivity index (χ1) is 7.57. The van der Waals surface area contributed by atoms with Gasteiger partial charge in [-0.05, 0) is 35.3 Å². The Labute approximate surface area is 104 Å². The molecule has 1 aliphatic heterocycles. The van der Waals surface area contributed by atoms with Crippen molar-refractivity contribution in [1.29, 1.82) is 0 Å². The third kappa shape index (κ3) is 2.01. The summed E-state index contributed by atoms with van der Waals surface area (Å²) in [5, 5.41) is 18.5. The number of rotatable bonds is 2. The zero-order valence-corrected chi connectivity index (χ0v) is 11.2. The molecule has 6 heteroatoms. The Balaban J connectivity index is 2.21. The molecule has 0 aliphatic carbocycles. The normalized spacial score (nSPS) is 21.2. The monoisotopic (exact) mass is 288 g/mol. The maximum Gasteiger partial charge on any atom is 0.154 e. The minimum atomic E-state index is -0.789. The second kappa shape index (κ2) is 4.43. The van der Waals surface area contributed by atoms with Crippen LogP contribution in [0, 0.1) is 0 Å². The van der Waals surface area contributed by atoms with Crippen molar-refractivity contribution in [2.45, 2.75) is 25.4 Å². The van der Waals surface area contributed by atoms with Crippen molar-refractivity contribution in [2.75, 3.05) is 19.6 Å².